The lowest BCUT2D eigenvalue weighted by Crippen LogP contribution is -2.12. The SMILES string of the molecule is O=C1CCCc2sc(C3CCCc4ccccc43)nc21. The van der Waals surface area contributed by atoms with Crippen LogP contribution in [-0.4, -0.2) is 10.8 Å². The van der Waals surface area contributed by atoms with E-state index >= 15 is 0 Å². The molecule has 1 aromatic heterocycles. The van der Waals surface area contributed by atoms with E-state index < -0.39 is 0 Å². The van der Waals surface area contributed by atoms with Crippen molar-refractivity contribution in [3.63, 3.8) is 0 Å². The molecule has 0 bridgehead atoms. The molecule has 0 saturated carbocycles. The molecule has 1 heterocycles. The van der Waals surface area contributed by atoms with Crippen molar-refractivity contribution in [2.75, 3.05) is 0 Å². The molecule has 1 aromatic carbocycles. The van der Waals surface area contributed by atoms with Gasteiger partial charge >= 0.3 is 0 Å². The van der Waals surface area contributed by atoms with Crippen molar-refractivity contribution in [1.82, 2.24) is 4.98 Å². The Morgan fingerprint density at radius 1 is 1.10 bits per heavy atom. The molecule has 1 unspecified atom stereocenters. The van der Waals surface area contributed by atoms with Crippen LogP contribution in [0.15, 0.2) is 24.3 Å². The first-order chi connectivity index (χ1) is 9.83. The molecule has 0 fully saturated rings. The van der Waals surface area contributed by atoms with Crippen LogP contribution in [0.1, 0.15) is 63.1 Å². The predicted molar refractivity (Wildman–Crippen MR) is 80.6 cm³/mol. The highest BCUT2D eigenvalue weighted by Gasteiger charge is 2.28. The Labute approximate surface area is 122 Å². The van der Waals surface area contributed by atoms with Crippen molar-refractivity contribution >= 4 is 17.1 Å². The van der Waals surface area contributed by atoms with Crippen LogP contribution in [0.5, 0.6) is 0 Å². The number of carbonyl (C=O) groups is 1. The van der Waals surface area contributed by atoms with E-state index in [9.17, 15) is 4.79 Å². The smallest absolute Gasteiger partial charge is 0.182 e. The molecule has 0 aliphatic heterocycles. The van der Waals surface area contributed by atoms with Crippen molar-refractivity contribution in [3.8, 4) is 0 Å². The van der Waals surface area contributed by atoms with Gasteiger partial charge in [-0.2, -0.15) is 0 Å². The number of aryl methyl sites for hydroxylation is 2. The molecule has 0 amide bonds. The number of nitrogens with zero attached hydrogens (tertiary/aromatic N) is 1. The number of hydrogen-bond acceptors (Lipinski definition) is 3. The van der Waals surface area contributed by atoms with Crippen molar-refractivity contribution < 1.29 is 4.79 Å². The minimum Gasteiger partial charge on any atom is -0.292 e. The van der Waals surface area contributed by atoms with Gasteiger partial charge in [-0.15, -0.1) is 11.3 Å². The van der Waals surface area contributed by atoms with Crippen LogP contribution >= 0.6 is 11.3 Å². The predicted octanol–water partition coefficient (Wildman–Crippen LogP) is 4.13. The number of fused-ring (bicyclic) bond motifs is 2. The van der Waals surface area contributed by atoms with Crippen LogP contribution < -0.4 is 0 Å². The monoisotopic (exact) mass is 283 g/mol. The van der Waals surface area contributed by atoms with E-state index in [1.54, 1.807) is 11.3 Å². The lowest BCUT2D eigenvalue weighted by molar-refractivity contribution is 0.0968. The normalized spacial score (nSPS) is 21.4. The maximum absolute atomic E-state index is 12.0. The number of thiazole rings is 1. The molecule has 4 rings (SSSR count). The van der Waals surface area contributed by atoms with Gasteiger partial charge in [-0.05, 0) is 43.2 Å². The first kappa shape index (κ1) is 12.3. The molecule has 2 aliphatic rings. The summed E-state index contributed by atoms with van der Waals surface area (Å²) in [4.78, 5) is 17.9. The van der Waals surface area contributed by atoms with Crippen LogP contribution in [0, 0.1) is 0 Å². The Hall–Kier alpha value is -1.48. The van der Waals surface area contributed by atoms with Gasteiger partial charge in [0.15, 0.2) is 5.78 Å². The molecule has 0 spiro atoms. The molecule has 0 N–H and O–H groups in total. The number of aromatic nitrogens is 1. The minimum absolute atomic E-state index is 0.248. The third kappa shape index (κ3) is 1.92. The van der Waals surface area contributed by atoms with E-state index in [1.165, 1.54) is 28.8 Å². The van der Waals surface area contributed by atoms with Crippen molar-refractivity contribution in [2.45, 2.75) is 44.4 Å². The van der Waals surface area contributed by atoms with Gasteiger partial charge in [0.2, 0.25) is 0 Å². The summed E-state index contributed by atoms with van der Waals surface area (Å²) >= 11 is 1.78. The molecule has 0 radical (unpaired) electrons. The number of ketones is 1. The second-order valence-electron chi connectivity index (χ2n) is 5.74. The summed E-state index contributed by atoms with van der Waals surface area (Å²) in [6.45, 7) is 0. The number of Topliss-reactive ketones (excluding diaryl/α,β-unsaturated/α-hetero) is 1. The number of rotatable bonds is 1. The molecule has 2 aliphatic carbocycles. The second-order valence-corrected chi connectivity index (χ2v) is 6.86. The van der Waals surface area contributed by atoms with Crippen LogP contribution in [-0.2, 0) is 12.8 Å². The molecule has 102 valence electrons. The maximum Gasteiger partial charge on any atom is 0.182 e. The Morgan fingerprint density at radius 3 is 2.90 bits per heavy atom. The Morgan fingerprint density at radius 2 is 2.00 bits per heavy atom. The fourth-order valence-electron chi connectivity index (χ4n) is 3.44. The average Bonchev–Trinajstić information content (AvgIpc) is 2.92. The lowest BCUT2D eigenvalue weighted by Gasteiger charge is -2.23. The molecular weight excluding hydrogens is 266 g/mol. The van der Waals surface area contributed by atoms with E-state index in [0.29, 0.717) is 12.3 Å². The average molecular weight is 283 g/mol. The van der Waals surface area contributed by atoms with Gasteiger partial charge in [-0.1, -0.05) is 24.3 Å². The number of carbonyl (C=O) groups excluding carboxylic acids is 1. The molecule has 0 saturated heterocycles. The van der Waals surface area contributed by atoms with Gasteiger partial charge in [0.25, 0.3) is 0 Å². The van der Waals surface area contributed by atoms with Crippen LogP contribution in [0.4, 0.5) is 0 Å². The third-order valence-electron chi connectivity index (χ3n) is 4.45. The summed E-state index contributed by atoms with van der Waals surface area (Å²) < 4.78 is 0. The van der Waals surface area contributed by atoms with E-state index in [4.69, 9.17) is 4.98 Å². The Bertz CT molecular complexity index is 673. The zero-order valence-corrected chi connectivity index (χ0v) is 12.2. The number of benzene rings is 1. The fraction of sp³-hybridized carbons (Fsp3) is 0.412. The summed E-state index contributed by atoms with van der Waals surface area (Å²) in [7, 11) is 0. The Kier molecular flexibility index (Phi) is 2.95. The Balaban J connectivity index is 1.77. The van der Waals surface area contributed by atoms with Crippen molar-refractivity contribution in [2.24, 2.45) is 0 Å². The van der Waals surface area contributed by atoms with Gasteiger partial charge in [0.05, 0.1) is 0 Å². The topological polar surface area (TPSA) is 30.0 Å². The summed E-state index contributed by atoms with van der Waals surface area (Å²) in [6, 6.07) is 8.72. The third-order valence-corrected chi connectivity index (χ3v) is 5.68. The summed E-state index contributed by atoms with van der Waals surface area (Å²) in [5.74, 6) is 0.654. The standard InChI is InChI=1S/C17H17NOS/c19-14-9-4-10-15-16(14)18-17(20-15)13-8-3-6-11-5-1-2-7-12(11)13/h1-2,5,7,13H,3-4,6,8-10H2. The van der Waals surface area contributed by atoms with Crippen molar-refractivity contribution in [1.29, 1.82) is 0 Å². The van der Waals surface area contributed by atoms with Crippen LogP contribution in [0.3, 0.4) is 0 Å². The van der Waals surface area contributed by atoms with E-state index in [1.807, 2.05) is 0 Å². The molecule has 20 heavy (non-hydrogen) atoms. The van der Waals surface area contributed by atoms with Crippen LogP contribution in [0.25, 0.3) is 0 Å². The number of hydrogen-bond donors (Lipinski definition) is 0. The zero-order chi connectivity index (χ0) is 13.5. The molecule has 3 heteroatoms. The second kappa shape index (κ2) is 4.81. The fourth-order valence-corrected chi connectivity index (χ4v) is 4.72. The van der Waals surface area contributed by atoms with E-state index in [0.717, 1.165) is 30.0 Å². The summed E-state index contributed by atoms with van der Waals surface area (Å²) in [6.07, 6.45) is 6.27. The highest BCUT2D eigenvalue weighted by Crippen LogP contribution is 2.40. The summed E-state index contributed by atoms with van der Waals surface area (Å²) in [5.41, 5.74) is 3.67. The van der Waals surface area contributed by atoms with E-state index in [-0.39, 0.29) is 5.78 Å². The van der Waals surface area contributed by atoms with Gasteiger partial charge < -0.3 is 0 Å². The van der Waals surface area contributed by atoms with Crippen molar-refractivity contribution in [3.05, 3.63) is 51.0 Å². The van der Waals surface area contributed by atoms with Gasteiger partial charge in [-0.25, -0.2) is 4.98 Å². The zero-order valence-electron chi connectivity index (χ0n) is 11.4. The lowest BCUT2D eigenvalue weighted by atomic mass is 9.83. The molecule has 2 nitrogen and oxygen atoms in total. The van der Waals surface area contributed by atoms with Gasteiger partial charge in [-0.3, -0.25) is 4.79 Å². The largest absolute Gasteiger partial charge is 0.292 e. The molecule has 1 atom stereocenters. The summed E-state index contributed by atoms with van der Waals surface area (Å²) in [5, 5.41) is 1.16. The van der Waals surface area contributed by atoms with E-state index in [2.05, 4.69) is 24.3 Å². The minimum atomic E-state index is 0.248. The van der Waals surface area contributed by atoms with Crippen LogP contribution in [0.2, 0.25) is 0 Å². The highest BCUT2D eigenvalue weighted by molar-refractivity contribution is 7.12. The highest BCUT2D eigenvalue weighted by atomic mass is 32.1. The van der Waals surface area contributed by atoms with Gasteiger partial charge in [0.1, 0.15) is 10.7 Å². The first-order valence-corrected chi connectivity index (χ1v) is 8.25. The molecular formula is C17H17NOS. The maximum atomic E-state index is 12.0. The molecule has 2 aromatic rings. The van der Waals surface area contributed by atoms with Gasteiger partial charge in [0, 0.05) is 17.2 Å². The first-order valence-electron chi connectivity index (χ1n) is 7.43. The quantitative estimate of drug-likeness (QED) is 0.787.